The molecule has 0 aliphatic carbocycles. The summed E-state index contributed by atoms with van der Waals surface area (Å²) in [5, 5.41) is 10.4. The number of nitrogens with zero attached hydrogens (tertiary/aromatic N) is 3. The molecule has 20 heavy (non-hydrogen) atoms. The third-order valence-electron chi connectivity index (χ3n) is 3.41. The number of aromatic nitrogens is 2. The van der Waals surface area contributed by atoms with Crippen molar-refractivity contribution in [1.82, 2.24) is 9.97 Å². The van der Waals surface area contributed by atoms with Gasteiger partial charge >= 0.3 is 0 Å². The summed E-state index contributed by atoms with van der Waals surface area (Å²) in [7, 11) is 2.02. The molecule has 0 bridgehead atoms. The Morgan fingerprint density at radius 3 is 2.85 bits per heavy atom. The van der Waals surface area contributed by atoms with Gasteiger partial charge in [-0.25, -0.2) is 4.98 Å². The van der Waals surface area contributed by atoms with Gasteiger partial charge < -0.3 is 10.0 Å². The van der Waals surface area contributed by atoms with Crippen LogP contribution in [0.25, 0.3) is 0 Å². The highest BCUT2D eigenvalue weighted by Gasteiger charge is 2.17. The molecule has 2 aromatic heterocycles. The molecular formula is C15H21N3OS. The normalized spacial score (nSPS) is 12.4. The number of rotatable bonds is 6. The van der Waals surface area contributed by atoms with E-state index in [9.17, 15) is 5.11 Å². The van der Waals surface area contributed by atoms with Gasteiger partial charge in [0, 0.05) is 26.0 Å². The molecule has 1 unspecified atom stereocenters. The van der Waals surface area contributed by atoms with Crippen molar-refractivity contribution in [1.29, 1.82) is 0 Å². The minimum absolute atomic E-state index is 0.0675. The molecular weight excluding hydrogens is 270 g/mol. The minimum Gasteiger partial charge on any atom is -0.391 e. The van der Waals surface area contributed by atoms with Crippen LogP contribution in [-0.2, 0) is 13.2 Å². The number of thiazole rings is 1. The fourth-order valence-corrected chi connectivity index (χ4v) is 3.04. The second-order valence-electron chi connectivity index (χ2n) is 4.99. The lowest BCUT2D eigenvalue weighted by atomic mass is 10.0. The van der Waals surface area contributed by atoms with Gasteiger partial charge in [0.2, 0.25) is 0 Å². The van der Waals surface area contributed by atoms with Crippen LogP contribution in [0.2, 0.25) is 0 Å². The number of aliphatic hydroxyl groups is 1. The SMILES string of the molecule is CCC(C)c1nc(N(C)Cc2cccnc2)sc1CO. The second-order valence-corrected chi connectivity index (χ2v) is 6.05. The minimum atomic E-state index is 0.0675. The Morgan fingerprint density at radius 1 is 1.45 bits per heavy atom. The molecule has 4 nitrogen and oxygen atoms in total. The summed E-state index contributed by atoms with van der Waals surface area (Å²) in [6, 6.07) is 3.99. The van der Waals surface area contributed by atoms with E-state index in [4.69, 9.17) is 4.98 Å². The average Bonchev–Trinajstić information content (AvgIpc) is 2.92. The van der Waals surface area contributed by atoms with Crippen LogP contribution in [0.3, 0.4) is 0 Å². The van der Waals surface area contributed by atoms with Crippen molar-refractivity contribution in [2.75, 3.05) is 11.9 Å². The van der Waals surface area contributed by atoms with Gasteiger partial charge in [0.15, 0.2) is 5.13 Å². The molecule has 0 aromatic carbocycles. The highest BCUT2D eigenvalue weighted by Crippen LogP contribution is 2.32. The van der Waals surface area contributed by atoms with Crippen molar-refractivity contribution >= 4 is 16.5 Å². The van der Waals surface area contributed by atoms with Gasteiger partial charge in [0.05, 0.1) is 17.2 Å². The van der Waals surface area contributed by atoms with Crippen LogP contribution in [0, 0.1) is 0 Å². The van der Waals surface area contributed by atoms with Gasteiger partial charge in [-0.05, 0) is 24.0 Å². The molecule has 0 radical (unpaired) electrons. The molecule has 0 saturated heterocycles. The van der Waals surface area contributed by atoms with E-state index in [0.29, 0.717) is 5.92 Å². The van der Waals surface area contributed by atoms with Gasteiger partial charge in [-0.1, -0.05) is 31.3 Å². The Kier molecular flexibility index (Phi) is 5.09. The maximum atomic E-state index is 9.49. The van der Waals surface area contributed by atoms with Crippen LogP contribution in [0.4, 0.5) is 5.13 Å². The second kappa shape index (κ2) is 6.81. The highest BCUT2D eigenvalue weighted by atomic mass is 32.1. The average molecular weight is 291 g/mol. The summed E-state index contributed by atoms with van der Waals surface area (Å²) in [4.78, 5) is 11.9. The van der Waals surface area contributed by atoms with E-state index in [2.05, 4.69) is 29.8 Å². The molecule has 0 aliphatic heterocycles. The summed E-state index contributed by atoms with van der Waals surface area (Å²) in [5.74, 6) is 0.383. The zero-order chi connectivity index (χ0) is 14.5. The smallest absolute Gasteiger partial charge is 0.185 e. The van der Waals surface area contributed by atoms with Crippen LogP contribution in [0.1, 0.15) is 42.3 Å². The van der Waals surface area contributed by atoms with Gasteiger partial charge in [0.25, 0.3) is 0 Å². The molecule has 0 spiro atoms. The Labute approximate surface area is 124 Å². The van der Waals surface area contributed by atoms with E-state index >= 15 is 0 Å². The maximum Gasteiger partial charge on any atom is 0.185 e. The van der Waals surface area contributed by atoms with Gasteiger partial charge in [-0.2, -0.15) is 0 Å². The first-order chi connectivity index (χ1) is 9.65. The molecule has 2 heterocycles. The predicted molar refractivity (Wildman–Crippen MR) is 83.1 cm³/mol. The van der Waals surface area contributed by atoms with Crippen LogP contribution in [-0.4, -0.2) is 22.1 Å². The monoisotopic (exact) mass is 291 g/mol. The molecule has 108 valence electrons. The highest BCUT2D eigenvalue weighted by molar-refractivity contribution is 7.15. The third-order valence-corrected chi connectivity index (χ3v) is 4.58. The summed E-state index contributed by atoms with van der Waals surface area (Å²) in [6.45, 7) is 5.13. The predicted octanol–water partition coefficient (Wildman–Crippen LogP) is 3.18. The van der Waals surface area contributed by atoms with Crippen molar-refractivity contribution in [3.05, 3.63) is 40.7 Å². The first-order valence-electron chi connectivity index (χ1n) is 6.86. The summed E-state index contributed by atoms with van der Waals surface area (Å²) >= 11 is 1.57. The largest absolute Gasteiger partial charge is 0.391 e. The van der Waals surface area contributed by atoms with Gasteiger partial charge in [-0.15, -0.1) is 0 Å². The lowest BCUT2D eigenvalue weighted by Gasteiger charge is -2.15. The molecule has 1 atom stereocenters. The third kappa shape index (κ3) is 3.35. The van der Waals surface area contributed by atoms with E-state index in [1.807, 2.05) is 19.3 Å². The number of hydrogen-bond acceptors (Lipinski definition) is 5. The lowest BCUT2D eigenvalue weighted by molar-refractivity contribution is 0.283. The molecule has 0 fully saturated rings. The molecule has 0 amide bonds. The fraction of sp³-hybridized carbons (Fsp3) is 0.467. The van der Waals surface area contributed by atoms with Gasteiger partial charge in [0.1, 0.15) is 0 Å². The number of pyridine rings is 1. The zero-order valence-electron chi connectivity index (χ0n) is 12.2. The quantitative estimate of drug-likeness (QED) is 0.888. The van der Waals surface area contributed by atoms with Gasteiger partial charge in [-0.3, -0.25) is 4.98 Å². The molecule has 2 rings (SSSR count). The van der Waals surface area contributed by atoms with E-state index in [1.54, 1.807) is 17.5 Å². The molecule has 2 aromatic rings. The Morgan fingerprint density at radius 2 is 2.25 bits per heavy atom. The standard InChI is InChI=1S/C15H21N3OS/c1-4-11(2)14-13(10-19)20-15(17-14)18(3)9-12-6-5-7-16-8-12/h5-8,11,19H,4,9-10H2,1-3H3. The van der Waals surface area contributed by atoms with Crippen LogP contribution < -0.4 is 4.90 Å². The Hall–Kier alpha value is -1.46. The lowest BCUT2D eigenvalue weighted by Crippen LogP contribution is -2.16. The first kappa shape index (κ1) is 14.9. The van der Waals surface area contributed by atoms with E-state index in [1.165, 1.54) is 0 Å². The summed E-state index contributed by atoms with van der Waals surface area (Å²) < 4.78 is 0. The van der Waals surface area contributed by atoms with Crippen molar-refractivity contribution in [2.45, 2.75) is 39.3 Å². The summed E-state index contributed by atoms with van der Waals surface area (Å²) in [5.41, 5.74) is 2.19. The first-order valence-corrected chi connectivity index (χ1v) is 7.67. The maximum absolute atomic E-state index is 9.49. The molecule has 5 heteroatoms. The Balaban J connectivity index is 2.18. The Bertz CT molecular complexity index is 541. The van der Waals surface area contributed by atoms with Crippen LogP contribution in [0.5, 0.6) is 0 Å². The van der Waals surface area contributed by atoms with Crippen molar-refractivity contribution < 1.29 is 5.11 Å². The molecule has 0 aliphatic rings. The van der Waals surface area contributed by atoms with E-state index in [0.717, 1.165) is 34.2 Å². The zero-order valence-corrected chi connectivity index (χ0v) is 13.0. The molecule has 1 N–H and O–H groups in total. The summed E-state index contributed by atoms with van der Waals surface area (Å²) in [6.07, 6.45) is 4.67. The van der Waals surface area contributed by atoms with Crippen LogP contribution >= 0.6 is 11.3 Å². The fourth-order valence-electron chi connectivity index (χ4n) is 2.04. The van der Waals surface area contributed by atoms with E-state index in [-0.39, 0.29) is 6.61 Å². The number of anilines is 1. The van der Waals surface area contributed by atoms with Crippen LogP contribution in [0.15, 0.2) is 24.5 Å². The van der Waals surface area contributed by atoms with Crippen molar-refractivity contribution in [3.8, 4) is 0 Å². The topological polar surface area (TPSA) is 49.2 Å². The van der Waals surface area contributed by atoms with Crippen molar-refractivity contribution in [3.63, 3.8) is 0 Å². The molecule has 0 saturated carbocycles. The van der Waals surface area contributed by atoms with Crippen molar-refractivity contribution in [2.24, 2.45) is 0 Å². The van der Waals surface area contributed by atoms with E-state index < -0.39 is 0 Å². The number of aliphatic hydroxyl groups excluding tert-OH is 1. The number of hydrogen-bond donors (Lipinski definition) is 1.